The summed E-state index contributed by atoms with van der Waals surface area (Å²) in [6.45, 7) is 3.96. The van der Waals surface area contributed by atoms with E-state index in [0.717, 1.165) is 48.7 Å². The van der Waals surface area contributed by atoms with Crippen LogP contribution in [-0.4, -0.2) is 28.1 Å². The zero-order chi connectivity index (χ0) is 18.0. The number of nitrogens with two attached hydrogens (primary N) is 1. The maximum Gasteiger partial charge on any atom is 0.166 e. The molecule has 24 heavy (non-hydrogen) atoms. The molecule has 6 heteroatoms. The van der Waals surface area contributed by atoms with Gasteiger partial charge in [0.05, 0.1) is 4.99 Å². The summed E-state index contributed by atoms with van der Waals surface area (Å²) in [5.74, 6) is 0. The highest BCUT2D eigenvalue weighted by atomic mass is 32.1. The van der Waals surface area contributed by atoms with Gasteiger partial charge < -0.3 is 16.4 Å². The van der Waals surface area contributed by atoms with Crippen LogP contribution in [0.1, 0.15) is 84.0 Å². The molecule has 3 nitrogen and oxygen atoms in total. The van der Waals surface area contributed by atoms with E-state index < -0.39 is 0 Å². The second kappa shape index (κ2) is 17.5. The molecule has 0 rings (SSSR count). The molecule has 0 amide bonds. The van der Waals surface area contributed by atoms with E-state index in [2.05, 4.69) is 10.6 Å². The van der Waals surface area contributed by atoms with Crippen molar-refractivity contribution in [1.29, 1.82) is 0 Å². The van der Waals surface area contributed by atoms with Gasteiger partial charge in [0.2, 0.25) is 0 Å². The summed E-state index contributed by atoms with van der Waals surface area (Å²) in [6.07, 6.45) is 14.2. The lowest BCUT2D eigenvalue weighted by molar-refractivity contribution is 0.604. The van der Waals surface area contributed by atoms with Crippen LogP contribution in [0.2, 0.25) is 0 Å². The molecule has 0 spiro atoms. The minimum atomic E-state index is 0.637. The van der Waals surface area contributed by atoms with Crippen LogP contribution < -0.4 is 16.4 Å². The SMILES string of the molecule is CC(=S)CCCCCCCNC(=S)NCCCCCCCC(N)=S. The van der Waals surface area contributed by atoms with Gasteiger partial charge in [-0.2, -0.15) is 0 Å². The molecular formula is C18H35N3S3. The van der Waals surface area contributed by atoms with E-state index >= 15 is 0 Å². The molecular weight excluding hydrogens is 354 g/mol. The summed E-state index contributed by atoms with van der Waals surface area (Å²) >= 11 is 15.2. The third-order valence-corrected chi connectivity index (χ3v) is 4.57. The average Bonchev–Trinajstić information content (AvgIpc) is 2.51. The van der Waals surface area contributed by atoms with Gasteiger partial charge in [-0.15, -0.1) is 0 Å². The number of thiocarbonyl (C=S) groups is 3. The Labute approximate surface area is 164 Å². The highest BCUT2D eigenvalue weighted by Gasteiger charge is 1.97. The maximum absolute atomic E-state index is 5.47. The highest BCUT2D eigenvalue weighted by Crippen LogP contribution is 2.06. The number of nitrogens with one attached hydrogen (secondary N) is 2. The van der Waals surface area contributed by atoms with Gasteiger partial charge in [-0.05, 0) is 62.5 Å². The van der Waals surface area contributed by atoms with Crippen LogP contribution in [0.25, 0.3) is 0 Å². The van der Waals surface area contributed by atoms with E-state index in [1.54, 1.807) is 0 Å². The molecule has 4 N–H and O–H groups in total. The Morgan fingerprint density at radius 2 is 1.08 bits per heavy atom. The summed E-state index contributed by atoms with van der Waals surface area (Å²) in [5, 5.41) is 7.36. The summed E-state index contributed by atoms with van der Waals surface area (Å²) in [5.41, 5.74) is 5.47. The Bertz CT molecular complexity index is 327. The van der Waals surface area contributed by atoms with Crippen LogP contribution in [0.5, 0.6) is 0 Å². The average molecular weight is 390 g/mol. The third-order valence-electron chi connectivity index (χ3n) is 3.88. The lowest BCUT2D eigenvalue weighted by Crippen LogP contribution is -2.36. The second-order valence-corrected chi connectivity index (χ2v) is 8.02. The number of hydrogen-bond acceptors (Lipinski definition) is 3. The molecule has 0 aliphatic heterocycles. The fourth-order valence-corrected chi connectivity index (χ4v) is 2.94. The molecule has 0 aromatic carbocycles. The van der Waals surface area contributed by atoms with Crippen LogP contribution in [0, 0.1) is 0 Å². The molecule has 0 aromatic rings. The smallest absolute Gasteiger partial charge is 0.166 e. The van der Waals surface area contributed by atoms with Crippen LogP contribution in [-0.2, 0) is 0 Å². The molecule has 0 bridgehead atoms. The summed E-state index contributed by atoms with van der Waals surface area (Å²) in [6, 6.07) is 0. The molecule has 0 aliphatic carbocycles. The summed E-state index contributed by atoms with van der Waals surface area (Å²) < 4.78 is 0. The monoisotopic (exact) mass is 389 g/mol. The molecule has 0 saturated heterocycles. The molecule has 0 aliphatic rings. The van der Waals surface area contributed by atoms with Crippen molar-refractivity contribution in [1.82, 2.24) is 10.6 Å². The second-order valence-electron chi connectivity index (χ2n) is 6.39. The van der Waals surface area contributed by atoms with Gasteiger partial charge in [0.15, 0.2) is 5.11 Å². The normalized spacial score (nSPS) is 10.4. The Kier molecular flexibility index (Phi) is 17.3. The largest absolute Gasteiger partial charge is 0.393 e. The van der Waals surface area contributed by atoms with Crippen LogP contribution >= 0.6 is 36.7 Å². The quantitative estimate of drug-likeness (QED) is 0.260. The first-order valence-corrected chi connectivity index (χ1v) is 10.5. The fourth-order valence-electron chi connectivity index (χ4n) is 2.45. The fraction of sp³-hybridized carbons (Fsp3) is 0.833. The minimum absolute atomic E-state index is 0.637. The molecule has 0 aromatic heterocycles. The summed E-state index contributed by atoms with van der Waals surface area (Å²) in [4.78, 5) is 1.77. The number of rotatable bonds is 16. The van der Waals surface area contributed by atoms with E-state index in [0.29, 0.717) is 4.99 Å². The van der Waals surface area contributed by atoms with Crippen molar-refractivity contribution in [3.05, 3.63) is 0 Å². The Morgan fingerprint density at radius 1 is 0.667 bits per heavy atom. The van der Waals surface area contributed by atoms with Gasteiger partial charge in [-0.1, -0.05) is 63.0 Å². The van der Waals surface area contributed by atoms with Gasteiger partial charge in [0.25, 0.3) is 0 Å². The molecule has 0 fully saturated rings. The molecule has 0 atom stereocenters. The van der Waals surface area contributed by atoms with Gasteiger partial charge in [0, 0.05) is 13.1 Å². The summed E-state index contributed by atoms with van der Waals surface area (Å²) in [7, 11) is 0. The minimum Gasteiger partial charge on any atom is -0.393 e. The first kappa shape index (κ1) is 23.7. The molecule has 0 saturated carbocycles. The van der Waals surface area contributed by atoms with Crippen molar-refractivity contribution >= 4 is 51.6 Å². The van der Waals surface area contributed by atoms with Gasteiger partial charge in [0.1, 0.15) is 0 Å². The Morgan fingerprint density at radius 3 is 1.54 bits per heavy atom. The number of hydrogen-bond donors (Lipinski definition) is 3. The zero-order valence-electron chi connectivity index (χ0n) is 15.2. The zero-order valence-corrected chi connectivity index (χ0v) is 17.7. The van der Waals surface area contributed by atoms with Crippen molar-refractivity contribution in [2.24, 2.45) is 5.73 Å². The molecule has 0 unspecified atom stereocenters. The van der Waals surface area contributed by atoms with Crippen molar-refractivity contribution < 1.29 is 0 Å². The van der Waals surface area contributed by atoms with E-state index in [4.69, 9.17) is 42.4 Å². The van der Waals surface area contributed by atoms with E-state index in [1.807, 2.05) is 6.92 Å². The predicted octanol–water partition coefficient (Wildman–Crippen LogP) is 4.81. The van der Waals surface area contributed by atoms with Gasteiger partial charge in [-0.3, -0.25) is 0 Å². The lowest BCUT2D eigenvalue weighted by Gasteiger charge is -2.10. The number of unbranched alkanes of at least 4 members (excludes halogenated alkanes) is 8. The Balaban J connectivity index is 3.21. The van der Waals surface area contributed by atoms with E-state index in [-0.39, 0.29) is 0 Å². The first-order valence-electron chi connectivity index (χ1n) is 9.32. The molecule has 0 heterocycles. The van der Waals surface area contributed by atoms with Gasteiger partial charge in [-0.25, -0.2) is 0 Å². The third kappa shape index (κ3) is 19.7. The lowest BCUT2D eigenvalue weighted by atomic mass is 10.1. The van der Waals surface area contributed by atoms with Crippen LogP contribution in [0.4, 0.5) is 0 Å². The van der Waals surface area contributed by atoms with Crippen molar-refractivity contribution in [2.75, 3.05) is 13.1 Å². The predicted molar refractivity (Wildman–Crippen MR) is 119 cm³/mol. The van der Waals surface area contributed by atoms with Crippen molar-refractivity contribution in [2.45, 2.75) is 84.0 Å². The van der Waals surface area contributed by atoms with E-state index in [1.165, 1.54) is 51.4 Å². The topological polar surface area (TPSA) is 50.1 Å². The Hall–Kier alpha value is -0.330. The van der Waals surface area contributed by atoms with Crippen LogP contribution in [0.3, 0.4) is 0 Å². The maximum atomic E-state index is 5.47. The van der Waals surface area contributed by atoms with Crippen molar-refractivity contribution in [3.8, 4) is 0 Å². The molecule has 0 radical (unpaired) electrons. The standard InChI is InChI=1S/C18H35N3S3/c1-16(22)12-8-4-2-6-10-14-20-18(24)21-15-11-7-3-5-9-13-17(19)23/h2-15H2,1H3,(H2,19,23)(H2,20,21,24). The first-order chi connectivity index (χ1) is 11.5. The van der Waals surface area contributed by atoms with E-state index in [9.17, 15) is 0 Å². The van der Waals surface area contributed by atoms with Crippen LogP contribution in [0.15, 0.2) is 0 Å². The van der Waals surface area contributed by atoms with Crippen molar-refractivity contribution in [3.63, 3.8) is 0 Å². The molecule has 140 valence electrons. The highest BCUT2D eigenvalue weighted by molar-refractivity contribution is 7.80. The van der Waals surface area contributed by atoms with Gasteiger partial charge >= 0.3 is 0 Å².